The first-order valence-corrected chi connectivity index (χ1v) is 6.03. The van der Waals surface area contributed by atoms with E-state index in [0.29, 0.717) is 30.3 Å². The van der Waals surface area contributed by atoms with Crippen molar-refractivity contribution in [2.24, 2.45) is 11.8 Å². The Morgan fingerprint density at radius 1 is 1.47 bits per heavy atom. The SMILES string of the molecule is CC(C)CC(=O)NC1C(C)CCNC1C. The average molecular weight is 212 g/mol. The third-order valence-electron chi connectivity index (χ3n) is 3.14. The van der Waals surface area contributed by atoms with Crippen molar-refractivity contribution < 1.29 is 4.79 Å². The van der Waals surface area contributed by atoms with E-state index in [9.17, 15) is 4.79 Å². The molecule has 0 aliphatic carbocycles. The van der Waals surface area contributed by atoms with E-state index in [2.05, 4.69) is 38.3 Å². The minimum atomic E-state index is 0.192. The van der Waals surface area contributed by atoms with Crippen LogP contribution in [0.2, 0.25) is 0 Å². The van der Waals surface area contributed by atoms with E-state index < -0.39 is 0 Å². The molecule has 0 aromatic rings. The molecule has 88 valence electrons. The molecule has 0 spiro atoms. The van der Waals surface area contributed by atoms with Crippen LogP contribution in [0, 0.1) is 11.8 Å². The molecule has 0 saturated carbocycles. The minimum absolute atomic E-state index is 0.192. The normalized spacial score (nSPS) is 31.7. The Balaban J connectivity index is 2.44. The van der Waals surface area contributed by atoms with Crippen molar-refractivity contribution in [1.29, 1.82) is 0 Å². The van der Waals surface area contributed by atoms with Gasteiger partial charge in [0.05, 0.1) is 0 Å². The van der Waals surface area contributed by atoms with Gasteiger partial charge >= 0.3 is 0 Å². The first-order valence-electron chi connectivity index (χ1n) is 6.03. The van der Waals surface area contributed by atoms with Gasteiger partial charge in [-0.05, 0) is 31.7 Å². The number of amides is 1. The Hall–Kier alpha value is -0.570. The van der Waals surface area contributed by atoms with Crippen molar-refractivity contribution in [1.82, 2.24) is 10.6 Å². The maximum absolute atomic E-state index is 11.7. The van der Waals surface area contributed by atoms with Crippen molar-refractivity contribution in [3.8, 4) is 0 Å². The minimum Gasteiger partial charge on any atom is -0.352 e. The van der Waals surface area contributed by atoms with Gasteiger partial charge in [-0.15, -0.1) is 0 Å². The van der Waals surface area contributed by atoms with Crippen LogP contribution in [0.15, 0.2) is 0 Å². The van der Waals surface area contributed by atoms with Gasteiger partial charge in [0.25, 0.3) is 0 Å². The van der Waals surface area contributed by atoms with Gasteiger partial charge in [0.2, 0.25) is 5.91 Å². The van der Waals surface area contributed by atoms with E-state index in [4.69, 9.17) is 0 Å². The number of rotatable bonds is 3. The van der Waals surface area contributed by atoms with Crippen LogP contribution in [0.3, 0.4) is 0 Å². The summed E-state index contributed by atoms with van der Waals surface area (Å²) in [6, 6.07) is 0.690. The van der Waals surface area contributed by atoms with Gasteiger partial charge in [0.15, 0.2) is 0 Å². The zero-order valence-corrected chi connectivity index (χ0v) is 10.3. The standard InChI is InChI=1S/C12H24N2O/c1-8(2)7-11(15)14-12-9(3)5-6-13-10(12)4/h8-10,12-13H,5-7H2,1-4H3,(H,14,15). The molecule has 3 unspecified atom stereocenters. The second kappa shape index (κ2) is 5.50. The van der Waals surface area contributed by atoms with E-state index in [1.807, 2.05) is 0 Å². The summed E-state index contributed by atoms with van der Waals surface area (Å²) in [4.78, 5) is 11.7. The topological polar surface area (TPSA) is 41.1 Å². The summed E-state index contributed by atoms with van der Waals surface area (Å²) < 4.78 is 0. The molecule has 1 amide bonds. The fourth-order valence-electron chi connectivity index (χ4n) is 2.22. The van der Waals surface area contributed by atoms with Crippen LogP contribution in [-0.4, -0.2) is 24.5 Å². The number of piperidine rings is 1. The lowest BCUT2D eigenvalue weighted by Gasteiger charge is -2.36. The fourth-order valence-corrected chi connectivity index (χ4v) is 2.22. The number of carbonyl (C=O) groups is 1. The van der Waals surface area contributed by atoms with Crippen molar-refractivity contribution in [2.75, 3.05) is 6.54 Å². The molecule has 1 rings (SSSR count). The monoisotopic (exact) mass is 212 g/mol. The molecule has 3 heteroatoms. The summed E-state index contributed by atoms with van der Waals surface area (Å²) in [5.74, 6) is 1.21. The molecule has 1 fully saturated rings. The molecule has 1 saturated heterocycles. The predicted octanol–water partition coefficient (Wildman–Crippen LogP) is 1.54. The van der Waals surface area contributed by atoms with E-state index in [0.717, 1.165) is 13.0 Å². The zero-order valence-electron chi connectivity index (χ0n) is 10.3. The smallest absolute Gasteiger partial charge is 0.220 e. The number of nitrogens with one attached hydrogen (secondary N) is 2. The Labute approximate surface area is 93.0 Å². The first kappa shape index (κ1) is 12.5. The molecule has 3 atom stereocenters. The largest absolute Gasteiger partial charge is 0.352 e. The van der Waals surface area contributed by atoms with Crippen LogP contribution in [0.5, 0.6) is 0 Å². The third-order valence-corrected chi connectivity index (χ3v) is 3.14. The van der Waals surface area contributed by atoms with Gasteiger partial charge in [-0.2, -0.15) is 0 Å². The van der Waals surface area contributed by atoms with Gasteiger partial charge in [0.1, 0.15) is 0 Å². The van der Waals surface area contributed by atoms with Gasteiger partial charge < -0.3 is 10.6 Å². The van der Waals surface area contributed by atoms with Crippen LogP contribution >= 0.6 is 0 Å². The highest BCUT2D eigenvalue weighted by Crippen LogP contribution is 2.16. The molecule has 2 N–H and O–H groups in total. The molecule has 1 aliphatic rings. The summed E-state index contributed by atoms with van der Waals surface area (Å²) in [5.41, 5.74) is 0. The highest BCUT2D eigenvalue weighted by atomic mass is 16.1. The Bertz CT molecular complexity index is 206. The van der Waals surface area contributed by atoms with Crippen molar-refractivity contribution in [2.45, 2.75) is 52.6 Å². The Kier molecular flexibility index (Phi) is 4.58. The maximum Gasteiger partial charge on any atom is 0.220 e. The second-order valence-electron chi connectivity index (χ2n) is 5.20. The van der Waals surface area contributed by atoms with E-state index >= 15 is 0 Å². The number of carbonyl (C=O) groups excluding carboxylic acids is 1. The van der Waals surface area contributed by atoms with Crippen LogP contribution in [0.4, 0.5) is 0 Å². The summed E-state index contributed by atoms with van der Waals surface area (Å²) in [6.07, 6.45) is 1.78. The molecule has 1 heterocycles. The van der Waals surface area contributed by atoms with E-state index in [-0.39, 0.29) is 5.91 Å². The van der Waals surface area contributed by atoms with E-state index in [1.165, 1.54) is 0 Å². The molecule has 0 radical (unpaired) electrons. The van der Waals surface area contributed by atoms with Crippen LogP contribution < -0.4 is 10.6 Å². The summed E-state index contributed by atoms with van der Waals surface area (Å²) in [7, 11) is 0. The van der Waals surface area contributed by atoms with Gasteiger partial charge in [-0.1, -0.05) is 20.8 Å². The molecule has 0 bridgehead atoms. The quantitative estimate of drug-likeness (QED) is 0.745. The zero-order chi connectivity index (χ0) is 11.4. The van der Waals surface area contributed by atoms with Crippen LogP contribution in [0.25, 0.3) is 0 Å². The van der Waals surface area contributed by atoms with Gasteiger partial charge in [-0.3, -0.25) is 4.79 Å². The van der Waals surface area contributed by atoms with Crippen molar-refractivity contribution in [3.05, 3.63) is 0 Å². The Morgan fingerprint density at radius 3 is 2.67 bits per heavy atom. The summed E-state index contributed by atoms with van der Waals surface area (Å²) in [6.45, 7) is 9.59. The van der Waals surface area contributed by atoms with Gasteiger partial charge in [-0.25, -0.2) is 0 Å². The lowest BCUT2D eigenvalue weighted by molar-refractivity contribution is -0.123. The fraction of sp³-hybridized carbons (Fsp3) is 0.917. The summed E-state index contributed by atoms with van der Waals surface area (Å²) in [5, 5.41) is 6.55. The highest BCUT2D eigenvalue weighted by Gasteiger charge is 2.28. The van der Waals surface area contributed by atoms with Crippen molar-refractivity contribution in [3.63, 3.8) is 0 Å². The molecule has 15 heavy (non-hydrogen) atoms. The maximum atomic E-state index is 11.7. The molecular formula is C12H24N2O. The summed E-state index contributed by atoms with van der Waals surface area (Å²) >= 11 is 0. The van der Waals surface area contributed by atoms with Crippen LogP contribution in [-0.2, 0) is 4.79 Å². The highest BCUT2D eigenvalue weighted by molar-refractivity contribution is 5.76. The van der Waals surface area contributed by atoms with E-state index in [1.54, 1.807) is 0 Å². The van der Waals surface area contributed by atoms with Gasteiger partial charge in [0, 0.05) is 18.5 Å². The lowest BCUT2D eigenvalue weighted by atomic mass is 9.89. The second-order valence-corrected chi connectivity index (χ2v) is 5.20. The number of hydrogen-bond donors (Lipinski definition) is 2. The molecule has 0 aromatic carbocycles. The molecule has 0 aromatic heterocycles. The molecule has 1 aliphatic heterocycles. The third kappa shape index (κ3) is 3.82. The predicted molar refractivity (Wildman–Crippen MR) is 62.6 cm³/mol. The molecular weight excluding hydrogens is 188 g/mol. The Morgan fingerprint density at radius 2 is 2.13 bits per heavy atom. The number of hydrogen-bond acceptors (Lipinski definition) is 2. The molecule has 3 nitrogen and oxygen atoms in total. The van der Waals surface area contributed by atoms with Crippen LogP contribution in [0.1, 0.15) is 40.5 Å². The van der Waals surface area contributed by atoms with Crippen molar-refractivity contribution >= 4 is 5.91 Å². The average Bonchev–Trinajstić information content (AvgIpc) is 2.10. The lowest BCUT2D eigenvalue weighted by Crippen LogP contribution is -2.56. The first-order chi connectivity index (χ1) is 7.00.